The van der Waals surface area contributed by atoms with Crippen LogP contribution in [0, 0.1) is 0 Å². The Kier molecular flexibility index (Phi) is 3.67. The molecule has 1 saturated heterocycles. The van der Waals surface area contributed by atoms with Gasteiger partial charge in [0, 0.05) is 6.04 Å². The molecule has 0 saturated carbocycles. The van der Waals surface area contributed by atoms with Crippen molar-refractivity contribution in [2.75, 3.05) is 6.54 Å². The summed E-state index contributed by atoms with van der Waals surface area (Å²) in [6.07, 6.45) is 1.52. The number of hydrogen-bond acceptors (Lipinski definition) is 6. The van der Waals surface area contributed by atoms with E-state index in [2.05, 4.69) is 5.32 Å². The summed E-state index contributed by atoms with van der Waals surface area (Å²) in [6, 6.07) is -0.341. The Hall–Kier alpha value is -2.08. The molecule has 20 heavy (non-hydrogen) atoms. The van der Waals surface area contributed by atoms with Crippen LogP contribution in [0.15, 0.2) is 0 Å². The molecule has 1 atom stereocenters. The lowest BCUT2D eigenvalue weighted by molar-refractivity contribution is 0.101. The van der Waals surface area contributed by atoms with Crippen LogP contribution >= 0.6 is 0 Å². The number of aromatic hydroxyl groups is 3. The van der Waals surface area contributed by atoms with E-state index in [1.807, 2.05) is 0 Å². The zero-order chi connectivity index (χ0) is 15.0. The molecule has 0 amide bonds. The highest BCUT2D eigenvalue weighted by Gasteiger charge is 2.32. The molecule has 6 heteroatoms. The second-order valence-corrected chi connectivity index (χ2v) is 4.97. The molecule has 108 valence electrons. The Labute approximate surface area is 116 Å². The van der Waals surface area contributed by atoms with Crippen LogP contribution in [0.3, 0.4) is 0 Å². The van der Waals surface area contributed by atoms with E-state index in [0.717, 1.165) is 13.0 Å². The van der Waals surface area contributed by atoms with Crippen molar-refractivity contribution < 1.29 is 24.9 Å². The van der Waals surface area contributed by atoms with Gasteiger partial charge in [-0.15, -0.1) is 0 Å². The van der Waals surface area contributed by atoms with Crippen LogP contribution in [-0.2, 0) is 0 Å². The molecular weight excluding hydrogens is 262 g/mol. The molecule has 4 N–H and O–H groups in total. The van der Waals surface area contributed by atoms with E-state index in [1.165, 1.54) is 13.8 Å². The number of carbonyl (C=O) groups excluding carboxylic acids is 2. The number of ketones is 2. The lowest BCUT2D eigenvalue weighted by Gasteiger charge is -2.19. The van der Waals surface area contributed by atoms with E-state index < -0.39 is 28.8 Å². The molecule has 1 aromatic rings. The van der Waals surface area contributed by atoms with E-state index in [1.54, 1.807) is 0 Å². The predicted molar refractivity (Wildman–Crippen MR) is 71.4 cm³/mol. The summed E-state index contributed by atoms with van der Waals surface area (Å²) in [6.45, 7) is 3.08. The van der Waals surface area contributed by atoms with Crippen LogP contribution in [0.2, 0.25) is 0 Å². The molecule has 0 unspecified atom stereocenters. The van der Waals surface area contributed by atoms with E-state index in [4.69, 9.17) is 0 Å². The molecule has 6 nitrogen and oxygen atoms in total. The molecule has 1 aliphatic heterocycles. The third-order valence-corrected chi connectivity index (χ3v) is 3.57. The maximum Gasteiger partial charge on any atom is 0.167 e. The summed E-state index contributed by atoms with van der Waals surface area (Å²) >= 11 is 0. The van der Waals surface area contributed by atoms with Gasteiger partial charge in [0.25, 0.3) is 0 Å². The molecule has 1 heterocycles. The van der Waals surface area contributed by atoms with Crippen molar-refractivity contribution in [1.82, 2.24) is 5.32 Å². The fraction of sp³-hybridized carbons (Fsp3) is 0.429. The number of rotatable bonds is 3. The molecule has 2 rings (SSSR count). The van der Waals surface area contributed by atoms with Crippen molar-refractivity contribution in [3.8, 4) is 17.2 Å². The van der Waals surface area contributed by atoms with Gasteiger partial charge in [-0.2, -0.15) is 0 Å². The van der Waals surface area contributed by atoms with Gasteiger partial charge < -0.3 is 20.6 Å². The van der Waals surface area contributed by atoms with Gasteiger partial charge in [0.2, 0.25) is 0 Å². The van der Waals surface area contributed by atoms with Gasteiger partial charge in [-0.3, -0.25) is 9.59 Å². The first-order chi connectivity index (χ1) is 9.36. The van der Waals surface area contributed by atoms with E-state index in [0.29, 0.717) is 6.42 Å². The maximum atomic E-state index is 11.6. The fourth-order valence-corrected chi connectivity index (χ4v) is 2.66. The highest BCUT2D eigenvalue weighted by Crippen LogP contribution is 2.46. The van der Waals surface area contributed by atoms with Crippen molar-refractivity contribution in [3.05, 3.63) is 16.7 Å². The Morgan fingerprint density at radius 3 is 1.85 bits per heavy atom. The minimum absolute atomic E-state index is 0.107. The summed E-state index contributed by atoms with van der Waals surface area (Å²) < 4.78 is 0. The first-order valence-electron chi connectivity index (χ1n) is 6.42. The molecule has 1 aliphatic rings. The van der Waals surface area contributed by atoms with Gasteiger partial charge in [-0.05, 0) is 33.2 Å². The normalized spacial score (nSPS) is 18.2. The van der Waals surface area contributed by atoms with Crippen LogP contribution in [0.5, 0.6) is 17.2 Å². The number of hydrogen-bond donors (Lipinski definition) is 4. The quantitative estimate of drug-likeness (QED) is 0.626. The summed E-state index contributed by atoms with van der Waals surface area (Å²) in [4.78, 5) is 23.2. The zero-order valence-corrected chi connectivity index (χ0v) is 11.4. The molecule has 0 aromatic heterocycles. The standard InChI is InChI=1S/C14H17NO5/c1-6(16)9-12(18)10(7(2)17)14(20)11(13(9)19)8-4-3-5-15-8/h8,15,18-20H,3-5H2,1-2H3/t8-/m0/s1. The number of phenolic OH excluding ortho intramolecular Hbond substituents is 3. The highest BCUT2D eigenvalue weighted by atomic mass is 16.3. The summed E-state index contributed by atoms with van der Waals surface area (Å²) in [5.74, 6) is -2.72. The third-order valence-electron chi connectivity index (χ3n) is 3.57. The molecular formula is C14H17NO5. The van der Waals surface area contributed by atoms with Gasteiger partial charge in [-0.25, -0.2) is 0 Å². The predicted octanol–water partition coefficient (Wildman–Crippen LogP) is 1.63. The Morgan fingerprint density at radius 1 is 1.00 bits per heavy atom. The molecule has 1 fully saturated rings. The first kappa shape index (κ1) is 14.3. The lowest BCUT2D eigenvalue weighted by atomic mass is 9.92. The average molecular weight is 279 g/mol. The smallest absolute Gasteiger partial charge is 0.167 e. The third kappa shape index (κ3) is 2.12. The number of Topliss-reactive ketones (excluding diaryl/α,β-unsaturated/α-hetero) is 2. The Morgan fingerprint density at radius 2 is 1.50 bits per heavy atom. The van der Waals surface area contributed by atoms with E-state index in [9.17, 15) is 24.9 Å². The van der Waals surface area contributed by atoms with Gasteiger partial charge in [-0.1, -0.05) is 0 Å². The van der Waals surface area contributed by atoms with E-state index in [-0.39, 0.29) is 22.7 Å². The average Bonchev–Trinajstić information content (AvgIpc) is 2.80. The molecule has 0 aliphatic carbocycles. The van der Waals surface area contributed by atoms with E-state index >= 15 is 0 Å². The van der Waals surface area contributed by atoms with Crippen LogP contribution in [0.1, 0.15) is 59.0 Å². The Bertz CT molecular complexity index is 547. The molecule has 0 bridgehead atoms. The first-order valence-corrected chi connectivity index (χ1v) is 6.42. The summed E-state index contributed by atoms with van der Waals surface area (Å²) in [5.41, 5.74) is -0.538. The van der Waals surface area contributed by atoms with Crippen molar-refractivity contribution in [2.24, 2.45) is 0 Å². The van der Waals surface area contributed by atoms with Gasteiger partial charge >= 0.3 is 0 Å². The van der Waals surface area contributed by atoms with Crippen LogP contribution in [-0.4, -0.2) is 33.4 Å². The highest BCUT2D eigenvalue weighted by molar-refractivity contribution is 6.08. The SMILES string of the molecule is CC(=O)c1c(O)c(C(C)=O)c(O)c([C@@H]2CCCN2)c1O. The minimum Gasteiger partial charge on any atom is -0.507 e. The van der Waals surface area contributed by atoms with Gasteiger partial charge in [0.1, 0.15) is 28.4 Å². The van der Waals surface area contributed by atoms with Crippen molar-refractivity contribution in [1.29, 1.82) is 0 Å². The Balaban J connectivity index is 2.79. The topological polar surface area (TPSA) is 107 Å². The molecule has 1 aromatic carbocycles. The summed E-state index contributed by atoms with van der Waals surface area (Å²) in [7, 11) is 0. The molecule has 0 radical (unpaired) electrons. The maximum absolute atomic E-state index is 11.6. The lowest BCUT2D eigenvalue weighted by Crippen LogP contribution is -2.15. The largest absolute Gasteiger partial charge is 0.507 e. The van der Waals surface area contributed by atoms with Gasteiger partial charge in [0.05, 0.1) is 5.56 Å². The van der Waals surface area contributed by atoms with Crippen LogP contribution in [0.4, 0.5) is 0 Å². The molecule has 0 spiro atoms. The minimum atomic E-state index is -0.665. The number of benzene rings is 1. The number of carbonyl (C=O) groups is 2. The second kappa shape index (κ2) is 5.13. The van der Waals surface area contributed by atoms with Crippen molar-refractivity contribution in [2.45, 2.75) is 32.7 Å². The zero-order valence-electron chi connectivity index (χ0n) is 11.4. The van der Waals surface area contributed by atoms with Crippen LogP contribution < -0.4 is 5.32 Å². The number of phenols is 3. The summed E-state index contributed by atoms with van der Waals surface area (Å²) in [5, 5.41) is 33.4. The van der Waals surface area contributed by atoms with Crippen LogP contribution in [0.25, 0.3) is 0 Å². The fourth-order valence-electron chi connectivity index (χ4n) is 2.66. The van der Waals surface area contributed by atoms with Crippen molar-refractivity contribution >= 4 is 11.6 Å². The second-order valence-electron chi connectivity index (χ2n) is 4.97. The van der Waals surface area contributed by atoms with Gasteiger partial charge in [0.15, 0.2) is 11.6 Å². The monoisotopic (exact) mass is 279 g/mol. The van der Waals surface area contributed by atoms with Crippen molar-refractivity contribution in [3.63, 3.8) is 0 Å². The number of nitrogens with one attached hydrogen (secondary N) is 1.